The van der Waals surface area contributed by atoms with Gasteiger partial charge >= 0.3 is 0 Å². The minimum atomic E-state index is -0.616. The van der Waals surface area contributed by atoms with Gasteiger partial charge in [0.05, 0.1) is 23.7 Å². The van der Waals surface area contributed by atoms with Crippen molar-refractivity contribution in [2.24, 2.45) is 0 Å². The van der Waals surface area contributed by atoms with Crippen LogP contribution in [0.1, 0.15) is 25.5 Å². The van der Waals surface area contributed by atoms with E-state index in [-0.39, 0.29) is 18.1 Å². The van der Waals surface area contributed by atoms with Gasteiger partial charge in [0.1, 0.15) is 11.8 Å². The number of nitrogens with zero attached hydrogens (tertiary/aromatic N) is 3. The fraction of sp³-hybridized carbons (Fsp3) is 0.556. The van der Waals surface area contributed by atoms with Crippen molar-refractivity contribution in [2.45, 2.75) is 51.0 Å². The number of aromatic nitrogens is 2. The number of carbonyl (C=O) groups is 1. The molecule has 6 nitrogen and oxygen atoms in total. The Balaban J connectivity index is 1.57. The van der Waals surface area contributed by atoms with Crippen LogP contribution in [0.15, 0.2) is 18.3 Å². The van der Waals surface area contributed by atoms with Crippen molar-refractivity contribution in [1.29, 1.82) is 0 Å². The number of rotatable bonds is 4. The molecular weight excluding hydrogens is 342 g/mol. The van der Waals surface area contributed by atoms with E-state index in [4.69, 9.17) is 16.3 Å². The van der Waals surface area contributed by atoms with Crippen molar-refractivity contribution in [3.8, 4) is 0 Å². The highest BCUT2D eigenvalue weighted by molar-refractivity contribution is 6.31. The van der Waals surface area contributed by atoms with Crippen LogP contribution < -0.4 is 0 Å². The molecule has 134 valence electrons. The maximum absolute atomic E-state index is 12.6. The average molecular weight is 364 g/mol. The number of aliphatic hydroxyl groups is 1. The Hall–Kier alpha value is -1.63. The molecule has 0 radical (unpaired) electrons. The Labute approximate surface area is 151 Å². The summed E-state index contributed by atoms with van der Waals surface area (Å²) in [4.78, 5) is 18.8. The van der Waals surface area contributed by atoms with Gasteiger partial charge in [0.2, 0.25) is 0 Å². The van der Waals surface area contributed by atoms with Gasteiger partial charge in [-0.2, -0.15) is 0 Å². The van der Waals surface area contributed by atoms with Crippen molar-refractivity contribution >= 4 is 28.5 Å². The van der Waals surface area contributed by atoms with Gasteiger partial charge in [-0.25, -0.2) is 4.98 Å². The highest BCUT2D eigenvalue weighted by Gasteiger charge is 2.41. The predicted octanol–water partition coefficient (Wildman–Crippen LogP) is 2.00. The fourth-order valence-corrected chi connectivity index (χ4v) is 4.11. The van der Waals surface area contributed by atoms with E-state index in [0.29, 0.717) is 37.6 Å². The third-order valence-corrected chi connectivity index (χ3v) is 5.34. The standard InChI is InChI=1S/C18H22ClN3O3/c1-2-5-25-16-3-4-21(18(16)24)14-8-13-7-11-6-12(19)9-20-17(11)22(13)10-15(14)23/h6-7,9,14-16,23H,2-5,8,10H2,1H3. The summed E-state index contributed by atoms with van der Waals surface area (Å²) < 4.78 is 7.67. The number of halogens is 1. The molecule has 2 aliphatic heterocycles. The minimum Gasteiger partial charge on any atom is -0.389 e. The summed E-state index contributed by atoms with van der Waals surface area (Å²) in [5.74, 6) is 0.00299. The summed E-state index contributed by atoms with van der Waals surface area (Å²) in [6, 6.07) is 3.72. The average Bonchev–Trinajstić information content (AvgIpc) is 3.12. The van der Waals surface area contributed by atoms with E-state index >= 15 is 0 Å². The summed E-state index contributed by atoms with van der Waals surface area (Å²) in [6.45, 7) is 3.70. The predicted molar refractivity (Wildman–Crippen MR) is 94.6 cm³/mol. The molecule has 0 spiro atoms. The molecule has 2 aromatic rings. The van der Waals surface area contributed by atoms with Crippen LogP contribution in [0.5, 0.6) is 0 Å². The number of hydrogen-bond donors (Lipinski definition) is 1. The molecule has 0 aliphatic carbocycles. The topological polar surface area (TPSA) is 67.6 Å². The van der Waals surface area contributed by atoms with Gasteiger partial charge < -0.3 is 19.3 Å². The zero-order chi connectivity index (χ0) is 17.6. The molecule has 4 rings (SSSR count). The molecule has 1 N–H and O–H groups in total. The smallest absolute Gasteiger partial charge is 0.252 e. The van der Waals surface area contributed by atoms with Crippen LogP contribution in [0.25, 0.3) is 11.0 Å². The summed E-state index contributed by atoms with van der Waals surface area (Å²) in [5, 5.41) is 12.2. The Kier molecular flexibility index (Phi) is 4.43. The molecule has 2 aromatic heterocycles. The number of aliphatic hydroxyl groups excluding tert-OH is 1. The molecule has 7 heteroatoms. The van der Waals surface area contributed by atoms with Gasteiger partial charge in [-0.1, -0.05) is 18.5 Å². The highest BCUT2D eigenvalue weighted by Crippen LogP contribution is 2.30. The van der Waals surface area contributed by atoms with Gasteiger partial charge in [0.25, 0.3) is 5.91 Å². The van der Waals surface area contributed by atoms with Crippen molar-refractivity contribution in [1.82, 2.24) is 14.5 Å². The summed E-state index contributed by atoms with van der Waals surface area (Å²) >= 11 is 6.03. The summed E-state index contributed by atoms with van der Waals surface area (Å²) in [7, 11) is 0. The second kappa shape index (κ2) is 6.59. The first-order chi connectivity index (χ1) is 12.1. The number of amides is 1. The van der Waals surface area contributed by atoms with Gasteiger partial charge in [-0.05, 0) is 18.6 Å². The molecule has 1 saturated heterocycles. The van der Waals surface area contributed by atoms with Gasteiger partial charge in [-0.15, -0.1) is 0 Å². The van der Waals surface area contributed by atoms with Crippen LogP contribution in [0.3, 0.4) is 0 Å². The molecule has 0 saturated carbocycles. The Morgan fingerprint density at radius 3 is 3.08 bits per heavy atom. The van der Waals surface area contributed by atoms with Crippen LogP contribution >= 0.6 is 11.6 Å². The van der Waals surface area contributed by atoms with Crippen molar-refractivity contribution in [3.05, 3.63) is 29.0 Å². The lowest BCUT2D eigenvalue weighted by atomic mass is 9.99. The largest absolute Gasteiger partial charge is 0.389 e. The Morgan fingerprint density at radius 1 is 1.44 bits per heavy atom. The first-order valence-electron chi connectivity index (χ1n) is 8.82. The van der Waals surface area contributed by atoms with Crippen LogP contribution in [0.4, 0.5) is 0 Å². The van der Waals surface area contributed by atoms with Crippen LogP contribution in [0, 0.1) is 0 Å². The van der Waals surface area contributed by atoms with Crippen molar-refractivity contribution < 1.29 is 14.6 Å². The third kappa shape index (κ3) is 2.92. The quantitative estimate of drug-likeness (QED) is 0.902. The molecular formula is C18H22ClN3O3. The zero-order valence-electron chi connectivity index (χ0n) is 14.2. The lowest BCUT2D eigenvalue weighted by Crippen LogP contribution is -2.51. The number of carbonyl (C=O) groups excluding carboxylic acids is 1. The van der Waals surface area contributed by atoms with E-state index in [1.807, 2.05) is 17.6 Å². The van der Waals surface area contributed by atoms with Crippen molar-refractivity contribution in [2.75, 3.05) is 13.2 Å². The molecule has 0 bridgehead atoms. The lowest BCUT2D eigenvalue weighted by molar-refractivity contribution is -0.141. The van der Waals surface area contributed by atoms with E-state index in [1.54, 1.807) is 11.1 Å². The molecule has 0 aromatic carbocycles. The van der Waals surface area contributed by atoms with E-state index in [2.05, 4.69) is 11.1 Å². The molecule has 4 heterocycles. The highest BCUT2D eigenvalue weighted by atomic mass is 35.5. The van der Waals surface area contributed by atoms with E-state index in [0.717, 1.165) is 23.1 Å². The van der Waals surface area contributed by atoms with Crippen molar-refractivity contribution in [3.63, 3.8) is 0 Å². The molecule has 1 amide bonds. The number of ether oxygens (including phenoxy) is 1. The summed E-state index contributed by atoms with van der Waals surface area (Å²) in [5.41, 5.74) is 1.90. The first kappa shape index (κ1) is 16.8. The molecule has 25 heavy (non-hydrogen) atoms. The normalized spacial score (nSPS) is 26.4. The van der Waals surface area contributed by atoms with E-state index < -0.39 is 6.10 Å². The van der Waals surface area contributed by atoms with Crippen LogP contribution in [-0.2, 0) is 22.5 Å². The molecule has 1 fully saturated rings. The van der Waals surface area contributed by atoms with Crippen LogP contribution in [0.2, 0.25) is 5.02 Å². The fourth-order valence-electron chi connectivity index (χ4n) is 3.94. The number of likely N-dealkylation sites (tertiary alicyclic amines) is 1. The second-order valence-corrected chi connectivity index (χ2v) is 7.27. The number of hydrogen-bond acceptors (Lipinski definition) is 4. The SMILES string of the molecule is CCCOC1CCN(C2Cc3cc4cc(Cl)cnc4n3CC2O)C1=O. The zero-order valence-corrected chi connectivity index (χ0v) is 14.9. The summed E-state index contributed by atoms with van der Waals surface area (Å²) in [6.07, 6.45) is 2.85. The molecule has 3 atom stereocenters. The van der Waals surface area contributed by atoms with Gasteiger partial charge in [-0.3, -0.25) is 4.79 Å². The monoisotopic (exact) mass is 363 g/mol. The Morgan fingerprint density at radius 2 is 2.28 bits per heavy atom. The molecule has 2 aliphatic rings. The van der Waals surface area contributed by atoms with Gasteiger partial charge in [0.15, 0.2) is 0 Å². The Bertz CT molecular complexity index is 806. The lowest BCUT2D eigenvalue weighted by Gasteiger charge is -2.36. The maximum Gasteiger partial charge on any atom is 0.252 e. The minimum absolute atomic E-state index is 0.00299. The maximum atomic E-state index is 12.6. The third-order valence-electron chi connectivity index (χ3n) is 5.13. The van der Waals surface area contributed by atoms with Crippen LogP contribution in [-0.4, -0.2) is 56.9 Å². The molecule has 3 unspecified atom stereocenters. The van der Waals surface area contributed by atoms with E-state index in [9.17, 15) is 9.90 Å². The number of pyridine rings is 1. The van der Waals surface area contributed by atoms with Gasteiger partial charge in [0, 0.05) is 43.3 Å². The number of fused-ring (bicyclic) bond motifs is 3. The second-order valence-electron chi connectivity index (χ2n) is 6.83. The van der Waals surface area contributed by atoms with E-state index in [1.165, 1.54) is 0 Å². The first-order valence-corrected chi connectivity index (χ1v) is 9.20.